The second-order valence-electron chi connectivity index (χ2n) is 5.89. The second-order valence-corrected chi connectivity index (χ2v) is 6.29. The van der Waals surface area contributed by atoms with Crippen molar-refractivity contribution >= 4 is 11.6 Å². The average Bonchev–Trinajstić information content (AvgIpc) is 2.69. The van der Waals surface area contributed by atoms with Gasteiger partial charge < -0.3 is 19.2 Å². The number of alkyl halides is 6. The Morgan fingerprint density at radius 3 is 2.41 bits per heavy atom. The molecule has 14 heteroatoms. The summed E-state index contributed by atoms with van der Waals surface area (Å²) < 4.78 is 92.0. The van der Waals surface area contributed by atoms with Gasteiger partial charge in [0.25, 0.3) is 5.56 Å². The van der Waals surface area contributed by atoms with Gasteiger partial charge in [0.1, 0.15) is 17.2 Å². The van der Waals surface area contributed by atoms with E-state index >= 15 is 0 Å². The number of nitrogens with zero attached hydrogens (tertiary/aromatic N) is 2. The maximum atomic E-state index is 13.6. The van der Waals surface area contributed by atoms with Crippen LogP contribution in [0.15, 0.2) is 41.3 Å². The fourth-order valence-electron chi connectivity index (χ4n) is 2.46. The van der Waals surface area contributed by atoms with Crippen molar-refractivity contribution in [2.24, 2.45) is 0 Å². The van der Waals surface area contributed by atoms with Crippen LogP contribution in [0.5, 0.6) is 23.0 Å². The number of rotatable bonds is 5. The molecule has 1 N–H and O–H groups in total. The number of nitrogens with one attached hydrogen (secondary N) is 1. The highest BCUT2D eigenvalue weighted by Gasteiger charge is 2.39. The van der Waals surface area contributed by atoms with Crippen LogP contribution in [0.4, 0.5) is 26.3 Å². The average molecular weight is 482 g/mol. The molecule has 1 aromatic carbocycles. The van der Waals surface area contributed by atoms with E-state index in [1.807, 2.05) is 0 Å². The Morgan fingerprint density at radius 2 is 1.78 bits per heavy atom. The molecule has 0 saturated heterocycles. The van der Waals surface area contributed by atoms with Crippen LogP contribution in [0.25, 0.3) is 11.5 Å². The molecular formula is C18H10ClF6N3O4. The minimum Gasteiger partial charge on any atom is -0.494 e. The van der Waals surface area contributed by atoms with Crippen molar-refractivity contribution in [1.29, 1.82) is 0 Å². The Labute approximate surface area is 179 Å². The Morgan fingerprint density at radius 1 is 1.06 bits per heavy atom. The number of benzene rings is 1. The van der Waals surface area contributed by atoms with E-state index in [2.05, 4.69) is 19.7 Å². The molecule has 0 amide bonds. The van der Waals surface area contributed by atoms with Crippen LogP contribution < -0.4 is 19.8 Å². The van der Waals surface area contributed by atoms with Gasteiger partial charge in [0.15, 0.2) is 17.3 Å². The van der Waals surface area contributed by atoms with Crippen LogP contribution in [0.3, 0.4) is 0 Å². The zero-order chi connectivity index (χ0) is 23.7. The normalized spacial score (nSPS) is 11.9. The van der Waals surface area contributed by atoms with Gasteiger partial charge in [-0.2, -0.15) is 13.2 Å². The molecule has 0 spiro atoms. The summed E-state index contributed by atoms with van der Waals surface area (Å²) in [5.74, 6) is -3.37. The molecule has 2 heterocycles. The lowest BCUT2D eigenvalue weighted by Crippen LogP contribution is -2.21. The molecular weight excluding hydrogens is 472 g/mol. The number of H-pyrrole nitrogens is 1. The number of ether oxygens (including phenoxy) is 3. The largest absolute Gasteiger partial charge is 0.573 e. The van der Waals surface area contributed by atoms with Crippen LogP contribution in [-0.4, -0.2) is 28.4 Å². The third kappa shape index (κ3) is 5.22. The lowest BCUT2D eigenvalue weighted by atomic mass is 10.2. The summed E-state index contributed by atoms with van der Waals surface area (Å²) in [6.45, 7) is 0. The van der Waals surface area contributed by atoms with E-state index in [1.54, 1.807) is 0 Å². The molecule has 0 saturated carbocycles. The molecule has 0 bridgehead atoms. The van der Waals surface area contributed by atoms with E-state index < -0.39 is 51.9 Å². The Kier molecular flexibility index (Phi) is 6.21. The van der Waals surface area contributed by atoms with Gasteiger partial charge in [-0.05, 0) is 24.3 Å². The molecule has 32 heavy (non-hydrogen) atoms. The third-order valence-electron chi connectivity index (χ3n) is 3.71. The molecule has 0 aliphatic carbocycles. The van der Waals surface area contributed by atoms with E-state index in [-0.39, 0.29) is 11.4 Å². The van der Waals surface area contributed by atoms with Crippen molar-refractivity contribution in [3.05, 3.63) is 57.6 Å². The van der Waals surface area contributed by atoms with Crippen LogP contribution >= 0.6 is 11.6 Å². The Hall–Kier alpha value is -3.48. The summed E-state index contributed by atoms with van der Waals surface area (Å²) in [5.41, 5.74) is -3.29. The molecule has 7 nitrogen and oxygen atoms in total. The monoisotopic (exact) mass is 481 g/mol. The van der Waals surface area contributed by atoms with Gasteiger partial charge in [-0.1, -0.05) is 11.6 Å². The molecule has 170 valence electrons. The molecule has 0 radical (unpaired) electrons. The first-order valence-corrected chi connectivity index (χ1v) is 8.71. The highest BCUT2D eigenvalue weighted by Crippen LogP contribution is 2.38. The SMILES string of the molecule is COc1cccnc1-c1nc(C(F)(F)F)c(Oc2ccc(Cl)c(OC(F)(F)F)c2)c(=O)[nH]1. The quantitative estimate of drug-likeness (QED) is 0.504. The van der Waals surface area contributed by atoms with E-state index in [4.69, 9.17) is 21.1 Å². The maximum absolute atomic E-state index is 13.6. The molecule has 0 atom stereocenters. The van der Waals surface area contributed by atoms with Crippen molar-refractivity contribution in [2.75, 3.05) is 7.11 Å². The van der Waals surface area contributed by atoms with E-state index in [9.17, 15) is 31.1 Å². The fraction of sp³-hybridized carbons (Fsp3) is 0.167. The second kappa shape index (κ2) is 8.57. The summed E-state index contributed by atoms with van der Waals surface area (Å²) in [5, 5.41) is -0.490. The molecule has 0 fully saturated rings. The van der Waals surface area contributed by atoms with Crippen LogP contribution in [0, 0.1) is 0 Å². The number of aromatic amines is 1. The summed E-state index contributed by atoms with van der Waals surface area (Å²) in [7, 11) is 1.24. The molecule has 0 aliphatic heterocycles. The lowest BCUT2D eigenvalue weighted by Gasteiger charge is -2.15. The van der Waals surface area contributed by atoms with Gasteiger partial charge in [0.2, 0.25) is 5.75 Å². The zero-order valence-electron chi connectivity index (χ0n) is 15.6. The van der Waals surface area contributed by atoms with Crippen molar-refractivity contribution in [1.82, 2.24) is 15.0 Å². The van der Waals surface area contributed by atoms with Crippen molar-refractivity contribution < 1.29 is 40.6 Å². The first-order chi connectivity index (χ1) is 14.9. The maximum Gasteiger partial charge on any atom is 0.573 e. The molecule has 2 aromatic heterocycles. The molecule has 3 aromatic rings. The fourth-order valence-corrected chi connectivity index (χ4v) is 2.62. The number of halogens is 7. The predicted molar refractivity (Wildman–Crippen MR) is 97.9 cm³/mol. The predicted octanol–water partition coefficient (Wildman–Crippen LogP) is 5.20. The first kappa shape index (κ1) is 23.2. The molecule has 0 aliphatic rings. The Balaban J connectivity index is 2.10. The standard InChI is InChI=1S/C18H10ClF6N3O4/c1-30-10-3-2-6-26-12(10)15-27-14(17(20,21)22)13(16(29)28-15)31-8-4-5-9(19)11(7-8)32-18(23,24)25/h2-7H,1H3,(H,27,28,29). The van der Waals surface area contributed by atoms with Gasteiger partial charge in [-0.25, -0.2) is 9.97 Å². The first-order valence-electron chi connectivity index (χ1n) is 8.33. The number of hydrogen-bond acceptors (Lipinski definition) is 6. The van der Waals surface area contributed by atoms with E-state index in [0.29, 0.717) is 6.07 Å². The minimum absolute atomic E-state index is 0.0316. The highest BCUT2D eigenvalue weighted by molar-refractivity contribution is 6.32. The number of pyridine rings is 1. The van der Waals surface area contributed by atoms with Crippen molar-refractivity contribution in [3.63, 3.8) is 0 Å². The summed E-state index contributed by atoms with van der Waals surface area (Å²) in [4.78, 5) is 21.8. The topological polar surface area (TPSA) is 86.3 Å². The van der Waals surface area contributed by atoms with Crippen LogP contribution in [0.2, 0.25) is 5.02 Å². The minimum atomic E-state index is -5.17. The smallest absolute Gasteiger partial charge is 0.494 e. The van der Waals surface area contributed by atoms with E-state index in [1.165, 1.54) is 25.4 Å². The Bertz CT molecular complexity index is 1200. The number of methoxy groups -OCH3 is 1. The lowest BCUT2D eigenvalue weighted by molar-refractivity contribution is -0.274. The number of aromatic nitrogens is 3. The van der Waals surface area contributed by atoms with Gasteiger partial charge in [0, 0.05) is 12.3 Å². The van der Waals surface area contributed by atoms with Gasteiger partial charge in [0.05, 0.1) is 12.1 Å². The molecule has 3 rings (SSSR count). The zero-order valence-corrected chi connectivity index (χ0v) is 16.4. The highest BCUT2D eigenvalue weighted by atomic mass is 35.5. The third-order valence-corrected chi connectivity index (χ3v) is 4.02. The van der Waals surface area contributed by atoms with Gasteiger partial charge in [-0.3, -0.25) is 4.79 Å². The number of hydrogen-bond donors (Lipinski definition) is 1. The van der Waals surface area contributed by atoms with Crippen molar-refractivity contribution in [3.8, 4) is 34.5 Å². The van der Waals surface area contributed by atoms with Crippen molar-refractivity contribution in [2.45, 2.75) is 12.5 Å². The van der Waals surface area contributed by atoms with E-state index in [0.717, 1.165) is 12.1 Å². The van der Waals surface area contributed by atoms with Gasteiger partial charge in [-0.15, -0.1) is 13.2 Å². The molecule has 0 unspecified atom stereocenters. The summed E-state index contributed by atoms with van der Waals surface area (Å²) in [6, 6.07) is 5.24. The van der Waals surface area contributed by atoms with Gasteiger partial charge >= 0.3 is 12.5 Å². The summed E-state index contributed by atoms with van der Waals surface area (Å²) in [6.07, 6.45) is -9.05. The van der Waals surface area contributed by atoms with Crippen LogP contribution in [-0.2, 0) is 6.18 Å². The summed E-state index contributed by atoms with van der Waals surface area (Å²) >= 11 is 5.60. The van der Waals surface area contributed by atoms with Crippen LogP contribution in [0.1, 0.15) is 5.69 Å².